The molecule has 0 fully saturated rings. The van der Waals surface area contributed by atoms with Gasteiger partial charge in [-0.3, -0.25) is 9.98 Å². The van der Waals surface area contributed by atoms with E-state index in [0.29, 0.717) is 0 Å². The fourth-order valence-electron chi connectivity index (χ4n) is 3.08. The van der Waals surface area contributed by atoms with Gasteiger partial charge in [-0.1, -0.05) is 24.3 Å². The molecule has 0 aliphatic carbocycles. The number of methoxy groups -OCH3 is 1. The summed E-state index contributed by atoms with van der Waals surface area (Å²) in [4.78, 5) is 11.4. The highest BCUT2D eigenvalue weighted by Crippen LogP contribution is 2.24. The minimum absolute atomic E-state index is 0.817. The molecule has 0 saturated carbocycles. The molecule has 24 heavy (non-hydrogen) atoms. The lowest BCUT2D eigenvalue weighted by Crippen LogP contribution is -2.28. The maximum atomic E-state index is 5.24. The van der Waals surface area contributed by atoms with Crippen molar-refractivity contribution in [3.63, 3.8) is 0 Å². The summed E-state index contributed by atoms with van der Waals surface area (Å²) in [6.07, 6.45) is 0. The Morgan fingerprint density at radius 3 is 2.33 bits per heavy atom. The molecule has 5 heteroatoms. The molecule has 2 aromatic carbocycles. The third-order valence-corrected chi connectivity index (χ3v) is 4.32. The molecule has 0 aromatic heterocycles. The van der Waals surface area contributed by atoms with Gasteiger partial charge in [-0.2, -0.15) is 0 Å². The minimum Gasteiger partial charge on any atom is -0.497 e. The first kappa shape index (κ1) is 14.8. The fourth-order valence-corrected chi connectivity index (χ4v) is 3.08. The lowest BCUT2D eigenvalue weighted by Gasteiger charge is -2.21. The van der Waals surface area contributed by atoms with Crippen LogP contribution in [-0.4, -0.2) is 45.0 Å². The predicted molar refractivity (Wildman–Crippen MR) is 97.6 cm³/mol. The molecule has 2 heterocycles. The number of nitrogens with zero attached hydrogens (tertiary/aromatic N) is 3. The van der Waals surface area contributed by atoms with Crippen molar-refractivity contribution in [2.75, 3.05) is 38.2 Å². The molecule has 0 saturated heterocycles. The van der Waals surface area contributed by atoms with Gasteiger partial charge in [-0.25, -0.2) is 0 Å². The largest absolute Gasteiger partial charge is 0.497 e. The molecule has 0 unspecified atom stereocenters. The zero-order valence-corrected chi connectivity index (χ0v) is 13.7. The van der Waals surface area contributed by atoms with Crippen LogP contribution in [0.15, 0.2) is 58.5 Å². The molecule has 2 aliphatic rings. The highest BCUT2D eigenvalue weighted by Gasteiger charge is 2.20. The summed E-state index contributed by atoms with van der Waals surface area (Å²) in [5.41, 5.74) is 3.40. The average Bonchev–Trinajstić information content (AvgIpc) is 3.34. The summed E-state index contributed by atoms with van der Waals surface area (Å²) in [5.74, 6) is 2.88. The lowest BCUT2D eigenvalue weighted by atomic mass is 10.1. The zero-order valence-electron chi connectivity index (χ0n) is 13.7. The molecule has 0 spiro atoms. The SMILES string of the molecule is COc1ccc(N2CCN=C2c2ccc(C3=NCCN3)cc2)cc1. The van der Waals surface area contributed by atoms with Crippen molar-refractivity contribution in [2.45, 2.75) is 0 Å². The Balaban J connectivity index is 1.57. The Morgan fingerprint density at radius 1 is 0.917 bits per heavy atom. The number of rotatable bonds is 4. The van der Waals surface area contributed by atoms with Gasteiger partial charge in [0.1, 0.15) is 17.4 Å². The Bertz CT molecular complexity index is 778. The Labute approximate surface area is 141 Å². The molecule has 2 aromatic rings. The number of aliphatic imine (C=N–C) groups is 2. The maximum absolute atomic E-state index is 5.24. The van der Waals surface area contributed by atoms with Crippen LogP contribution in [0.25, 0.3) is 0 Å². The van der Waals surface area contributed by atoms with Gasteiger partial charge in [-0.05, 0) is 24.3 Å². The van der Waals surface area contributed by atoms with Gasteiger partial charge in [0.15, 0.2) is 0 Å². The van der Waals surface area contributed by atoms with Crippen LogP contribution in [0.5, 0.6) is 5.75 Å². The lowest BCUT2D eigenvalue weighted by molar-refractivity contribution is 0.415. The molecule has 0 amide bonds. The molecule has 122 valence electrons. The third-order valence-electron chi connectivity index (χ3n) is 4.32. The second-order valence-corrected chi connectivity index (χ2v) is 5.79. The standard InChI is InChI=1S/C19H20N4O/c1-24-17-8-6-16(7-9-17)23-13-12-22-19(23)15-4-2-14(3-5-15)18-20-10-11-21-18/h2-9H,10-13H2,1H3,(H,20,21). The number of ether oxygens (including phenoxy) is 1. The van der Waals surface area contributed by atoms with Crippen molar-refractivity contribution < 1.29 is 4.74 Å². The van der Waals surface area contributed by atoms with Crippen molar-refractivity contribution in [1.82, 2.24) is 5.32 Å². The smallest absolute Gasteiger partial charge is 0.135 e. The number of benzene rings is 2. The first-order valence-electron chi connectivity index (χ1n) is 8.20. The Hall–Kier alpha value is -2.82. The second kappa shape index (κ2) is 6.35. The molecule has 0 bridgehead atoms. The van der Waals surface area contributed by atoms with Crippen molar-refractivity contribution >= 4 is 17.4 Å². The topological polar surface area (TPSA) is 49.2 Å². The molecular weight excluding hydrogens is 300 g/mol. The number of anilines is 1. The van der Waals surface area contributed by atoms with Crippen LogP contribution in [0, 0.1) is 0 Å². The van der Waals surface area contributed by atoms with E-state index in [2.05, 4.69) is 51.6 Å². The van der Waals surface area contributed by atoms with E-state index in [4.69, 9.17) is 9.73 Å². The quantitative estimate of drug-likeness (QED) is 0.940. The van der Waals surface area contributed by atoms with Gasteiger partial charge in [0.2, 0.25) is 0 Å². The zero-order chi connectivity index (χ0) is 16.4. The molecule has 0 atom stereocenters. The van der Waals surface area contributed by atoms with Gasteiger partial charge in [0, 0.05) is 29.9 Å². The Morgan fingerprint density at radius 2 is 1.67 bits per heavy atom. The van der Waals surface area contributed by atoms with Crippen LogP contribution in [0.4, 0.5) is 5.69 Å². The van der Waals surface area contributed by atoms with Crippen molar-refractivity contribution in [3.05, 3.63) is 59.7 Å². The molecule has 0 radical (unpaired) electrons. The monoisotopic (exact) mass is 320 g/mol. The van der Waals surface area contributed by atoms with Gasteiger partial charge in [0.25, 0.3) is 0 Å². The summed E-state index contributed by atoms with van der Waals surface area (Å²) in [6.45, 7) is 3.50. The van der Waals surface area contributed by atoms with Gasteiger partial charge in [0.05, 0.1) is 20.2 Å². The summed E-state index contributed by atoms with van der Waals surface area (Å²) in [6, 6.07) is 16.6. The average molecular weight is 320 g/mol. The fraction of sp³-hybridized carbons (Fsp3) is 0.263. The third kappa shape index (κ3) is 2.73. The van der Waals surface area contributed by atoms with Crippen LogP contribution >= 0.6 is 0 Å². The van der Waals surface area contributed by atoms with E-state index in [-0.39, 0.29) is 0 Å². The van der Waals surface area contributed by atoms with E-state index in [1.165, 1.54) is 0 Å². The highest BCUT2D eigenvalue weighted by atomic mass is 16.5. The second-order valence-electron chi connectivity index (χ2n) is 5.79. The van der Waals surface area contributed by atoms with Crippen molar-refractivity contribution in [1.29, 1.82) is 0 Å². The van der Waals surface area contributed by atoms with E-state index in [1.54, 1.807) is 7.11 Å². The van der Waals surface area contributed by atoms with Crippen LogP contribution in [0.3, 0.4) is 0 Å². The van der Waals surface area contributed by atoms with E-state index in [1.807, 2.05) is 12.1 Å². The van der Waals surface area contributed by atoms with Gasteiger partial charge >= 0.3 is 0 Å². The number of hydrogen-bond acceptors (Lipinski definition) is 5. The maximum Gasteiger partial charge on any atom is 0.135 e. The van der Waals surface area contributed by atoms with Gasteiger partial charge in [-0.15, -0.1) is 0 Å². The number of amidine groups is 2. The van der Waals surface area contributed by atoms with Crippen LogP contribution in [-0.2, 0) is 0 Å². The van der Waals surface area contributed by atoms with E-state index in [9.17, 15) is 0 Å². The Kier molecular flexibility index (Phi) is 3.91. The van der Waals surface area contributed by atoms with Crippen LogP contribution < -0.4 is 15.0 Å². The molecule has 1 N–H and O–H groups in total. The molecule has 4 rings (SSSR count). The van der Waals surface area contributed by atoms with Crippen LogP contribution in [0.1, 0.15) is 11.1 Å². The normalized spacial score (nSPS) is 16.6. The molecule has 2 aliphatic heterocycles. The number of hydrogen-bond donors (Lipinski definition) is 1. The summed E-state index contributed by atoms with van der Waals surface area (Å²) in [7, 11) is 1.68. The van der Waals surface area contributed by atoms with Gasteiger partial charge < -0.3 is 15.0 Å². The molecular formula is C19H20N4O. The van der Waals surface area contributed by atoms with Crippen molar-refractivity contribution in [2.24, 2.45) is 9.98 Å². The predicted octanol–water partition coefficient (Wildman–Crippen LogP) is 2.31. The van der Waals surface area contributed by atoms with Crippen molar-refractivity contribution in [3.8, 4) is 5.75 Å². The molecule has 5 nitrogen and oxygen atoms in total. The van der Waals surface area contributed by atoms with E-state index < -0.39 is 0 Å². The van der Waals surface area contributed by atoms with Crippen LogP contribution in [0.2, 0.25) is 0 Å². The van der Waals surface area contributed by atoms with E-state index >= 15 is 0 Å². The number of nitrogens with one attached hydrogen (secondary N) is 1. The minimum atomic E-state index is 0.817. The summed E-state index contributed by atoms with van der Waals surface area (Å²) in [5, 5.41) is 3.30. The first-order valence-corrected chi connectivity index (χ1v) is 8.20. The first-order chi connectivity index (χ1) is 11.8. The van der Waals surface area contributed by atoms with E-state index in [0.717, 1.165) is 60.4 Å². The summed E-state index contributed by atoms with van der Waals surface area (Å²) < 4.78 is 5.24. The summed E-state index contributed by atoms with van der Waals surface area (Å²) >= 11 is 0. The highest BCUT2D eigenvalue weighted by molar-refractivity contribution is 6.11.